The smallest absolute Gasteiger partial charge is 0.128 e. The second-order valence-electron chi connectivity index (χ2n) is 4.74. The van der Waals surface area contributed by atoms with E-state index >= 15 is 0 Å². The number of aromatic nitrogens is 1. The van der Waals surface area contributed by atoms with Gasteiger partial charge in [-0.2, -0.15) is 0 Å². The molecule has 0 radical (unpaired) electrons. The zero-order valence-electron chi connectivity index (χ0n) is 11.6. The summed E-state index contributed by atoms with van der Waals surface area (Å²) in [5.74, 6) is -0.202. The molecule has 0 aliphatic heterocycles. The fourth-order valence-corrected chi connectivity index (χ4v) is 2.53. The van der Waals surface area contributed by atoms with Crippen molar-refractivity contribution in [2.24, 2.45) is 0 Å². The molecule has 0 fully saturated rings. The normalized spacial score (nSPS) is 14.0. The topological polar surface area (TPSA) is 24.9 Å². The van der Waals surface area contributed by atoms with Crippen molar-refractivity contribution in [1.82, 2.24) is 10.3 Å². The summed E-state index contributed by atoms with van der Waals surface area (Å²) >= 11 is 6.00. The number of halogens is 2. The van der Waals surface area contributed by atoms with Crippen LogP contribution in [0.15, 0.2) is 42.6 Å². The van der Waals surface area contributed by atoms with Crippen LogP contribution in [-0.2, 0) is 0 Å². The Morgan fingerprint density at radius 1 is 1.30 bits per heavy atom. The van der Waals surface area contributed by atoms with Crippen LogP contribution in [0.3, 0.4) is 0 Å². The van der Waals surface area contributed by atoms with E-state index in [0.717, 1.165) is 12.2 Å². The van der Waals surface area contributed by atoms with Gasteiger partial charge in [0.25, 0.3) is 0 Å². The van der Waals surface area contributed by atoms with Gasteiger partial charge in [-0.15, -0.1) is 0 Å². The first-order valence-electron chi connectivity index (χ1n) is 6.72. The van der Waals surface area contributed by atoms with E-state index in [9.17, 15) is 4.39 Å². The third-order valence-electron chi connectivity index (χ3n) is 3.37. The highest BCUT2D eigenvalue weighted by atomic mass is 35.5. The molecule has 2 atom stereocenters. The number of likely N-dealkylation sites (N-methyl/N-ethyl adjacent to an activating group) is 1. The van der Waals surface area contributed by atoms with E-state index in [4.69, 9.17) is 11.6 Å². The molecule has 2 nitrogen and oxygen atoms in total. The van der Waals surface area contributed by atoms with Gasteiger partial charge in [0.05, 0.1) is 0 Å². The Balaban J connectivity index is 2.38. The molecular formula is C16H18ClFN2. The maximum Gasteiger partial charge on any atom is 0.128 e. The molecule has 0 amide bonds. The van der Waals surface area contributed by atoms with Crippen molar-refractivity contribution in [3.8, 4) is 0 Å². The van der Waals surface area contributed by atoms with Crippen LogP contribution in [0.2, 0.25) is 5.02 Å². The molecule has 1 heterocycles. The molecule has 1 aromatic heterocycles. The summed E-state index contributed by atoms with van der Waals surface area (Å²) < 4.78 is 14.1. The third-order valence-corrected chi connectivity index (χ3v) is 3.61. The Morgan fingerprint density at radius 3 is 2.75 bits per heavy atom. The number of rotatable bonds is 5. The lowest BCUT2D eigenvalue weighted by atomic mass is 9.91. The van der Waals surface area contributed by atoms with Crippen molar-refractivity contribution >= 4 is 11.6 Å². The van der Waals surface area contributed by atoms with Crippen molar-refractivity contribution in [3.63, 3.8) is 0 Å². The van der Waals surface area contributed by atoms with Crippen molar-refractivity contribution in [2.45, 2.75) is 25.8 Å². The Hall–Kier alpha value is -1.45. The molecule has 0 saturated carbocycles. The SMILES string of the molecule is CCNC(c1cc(Cl)ccc1F)C(C)c1ccccn1. The predicted molar refractivity (Wildman–Crippen MR) is 80.5 cm³/mol. The van der Waals surface area contributed by atoms with E-state index in [1.54, 1.807) is 18.3 Å². The summed E-state index contributed by atoms with van der Waals surface area (Å²) in [4.78, 5) is 4.36. The maximum atomic E-state index is 14.1. The molecule has 0 saturated heterocycles. The van der Waals surface area contributed by atoms with Gasteiger partial charge < -0.3 is 5.32 Å². The minimum Gasteiger partial charge on any atom is -0.310 e. The number of pyridine rings is 1. The molecule has 4 heteroatoms. The average Bonchev–Trinajstić information content (AvgIpc) is 2.48. The fourth-order valence-electron chi connectivity index (χ4n) is 2.35. The van der Waals surface area contributed by atoms with Gasteiger partial charge in [-0.1, -0.05) is 31.5 Å². The zero-order chi connectivity index (χ0) is 14.5. The van der Waals surface area contributed by atoms with Crippen LogP contribution in [0, 0.1) is 5.82 Å². The van der Waals surface area contributed by atoms with Gasteiger partial charge in [0, 0.05) is 34.4 Å². The molecule has 0 aliphatic rings. The van der Waals surface area contributed by atoms with Crippen LogP contribution in [0.4, 0.5) is 4.39 Å². The summed E-state index contributed by atoms with van der Waals surface area (Å²) in [6, 6.07) is 10.3. The lowest BCUT2D eigenvalue weighted by Crippen LogP contribution is -2.27. The van der Waals surface area contributed by atoms with E-state index in [1.807, 2.05) is 32.0 Å². The predicted octanol–water partition coefficient (Wildman–Crippen LogP) is 4.33. The number of benzene rings is 1. The third kappa shape index (κ3) is 3.35. The van der Waals surface area contributed by atoms with E-state index in [1.165, 1.54) is 6.07 Å². The van der Waals surface area contributed by atoms with E-state index in [0.29, 0.717) is 10.6 Å². The van der Waals surface area contributed by atoms with Crippen LogP contribution in [0.5, 0.6) is 0 Å². The highest BCUT2D eigenvalue weighted by Gasteiger charge is 2.23. The minimum absolute atomic E-state index is 0.0455. The number of nitrogens with zero attached hydrogens (tertiary/aromatic N) is 1. The summed E-state index contributed by atoms with van der Waals surface area (Å²) in [7, 11) is 0. The molecule has 2 rings (SSSR count). The summed E-state index contributed by atoms with van der Waals surface area (Å²) in [5.41, 5.74) is 1.51. The summed E-state index contributed by atoms with van der Waals surface area (Å²) in [6.45, 7) is 4.78. The van der Waals surface area contributed by atoms with Crippen LogP contribution in [0.1, 0.15) is 37.1 Å². The molecule has 1 N–H and O–H groups in total. The molecule has 0 aliphatic carbocycles. The highest BCUT2D eigenvalue weighted by molar-refractivity contribution is 6.30. The largest absolute Gasteiger partial charge is 0.310 e. The average molecular weight is 293 g/mol. The van der Waals surface area contributed by atoms with Gasteiger partial charge in [-0.25, -0.2) is 4.39 Å². The van der Waals surface area contributed by atoms with Crippen molar-refractivity contribution < 1.29 is 4.39 Å². The van der Waals surface area contributed by atoms with Gasteiger partial charge in [-0.3, -0.25) is 4.98 Å². The number of hydrogen-bond donors (Lipinski definition) is 1. The zero-order valence-corrected chi connectivity index (χ0v) is 12.4. The molecule has 1 aromatic carbocycles. The van der Waals surface area contributed by atoms with Crippen LogP contribution in [-0.4, -0.2) is 11.5 Å². The standard InChI is InChI=1S/C16H18ClFN2/c1-3-19-16(11(2)15-6-4-5-9-20-15)13-10-12(17)7-8-14(13)18/h4-11,16,19H,3H2,1-2H3. The molecule has 2 aromatic rings. The highest BCUT2D eigenvalue weighted by Crippen LogP contribution is 2.32. The summed E-state index contributed by atoms with van der Waals surface area (Å²) in [6.07, 6.45) is 1.75. The first kappa shape index (κ1) is 14.9. The lowest BCUT2D eigenvalue weighted by molar-refractivity contribution is 0.450. The van der Waals surface area contributed by atoms with Gasteiger partial charge >= 0.3 is 0 Å². The number of nitrogens with one attached hydrogen (secondary N) is 1. The Kier molecular flexibility index (Phi) is 5.10. The van der Waals surface area contributed by atoms with Crippen LogP contribution < -0.4 is 5.32 Å². The van der Waals surface area contributed by atoms with Gasteiger partial charge in [0.2, 0.25) is 0 Å². The van der Waals surface area contributed by atoms with Gasteiger partial charge in [-0.05, 0) is 36.9 Å². The van der Waals surface area contributed by atoms with E-state index in [-0.39, 0.29) is 17.8 Å². The molecule has 20 heavy (non-hydrogen) atoms. The second kappa shape index (κ2) is 6.82. The lowest BCUT2D eigenvalue weighted by Gasteiger charge is -2.25. The van der Waals surface area contributed by atoms with Crippen LogP contribution >= 0.6 is 11.6 Å². The second-order valence-corrected chi connectivity index (χ2v) is 5.18. The van der Waals surface area contributed by atoms with Crippen molar-refractivity contribution in [2.75, 3.05) is 6.54 Å². The molecular weight excluding hydrogens is 275 g/mol. The molecule has 106 valence electrons. The monoisotopic (exact) mass is 292 g/mol. The molecule has 0 spiro atoms. The maximum absolute atomic E-state index is 14.1. The summed E-state index contributed by atoms with van der Waals surface area (Å²) in [5, 5.41) is 3.87. The molecule has 2 unspecified atom stereocenters. The Morgan fingerprint density at radius 2 is 2.10 bits per heavy atom. The molecule has 0 bridgehead atoms. The van der Waals surface area contributed by atoms with Crippen LogP contribution in [0.25, 0.3) is 0 Å². The van der Waals surface area contributed by atoms with Gasteiger partial charge in [0.15, 0.2) is 0 Å². The fraction of sp³-hybridized carbons (Fsp3) is 0.312. The van der Waals surface area contributed by atoms with Gasteiger partial charge in [0.1, 0.15) is 5.82 Å². The minimum atomic E-state index is -0.247. The van der Waals surface area contributed by atoms with Crippen molar-refractivity contribution in [1.29, 1.82) is 0 Å². The first-order valence-corrected chi connectivity index (χ1v) is 7.10. The Labute approximate surface area is 124 Å². The van der Waals surface area contributed by atoms with Crippen molar-refractivity contribution in [3.05, 3.63) is 64.7 Å². The Bertz CT molecular complexity index is 560. The van der Waals surface area contributed by atoms with E-state index < -0.39 is 0 Å². The van der Waals surface area contributed by atoms with E-state index in [2.05, 4.69) is 10.3 Å². The quantitative estimate of drug-likeness (QED) is 0.887. The number of hydrogen-bond acceptors (Lipinski definition) is 2. The first-order chi connectivity index (χ1) is 9.63.